The van der Waals surface area contributed by atoms with Crippen LogP contribution in [0.25, 0.3) is 6.08 Å². The molecule has 1 aliphatic heterocycles. The standard InChI is InChI=1S/C20H19NO3S2/c1-23-16-9-8-15(12-17(16)24-2)10-11-21-19(22)18(26-20(21)25)13-14-6-4-3-5-7-14/h3-9,12-13H,10-11H2,1-2H3/b18-13+. The molecule has 0 saturated carbocycles. The van der Waals surface area contributed by atoms with E-state index in [-0.39, 0.29) is 5.91 Å². The second kappa shape index (κ2) is 8.38. The van der Waals surface area contributed by atoms with Crippen molar-refractivity contribution in [3.63, 3.8) is 0 Å². The molecule has 6 heteroatoms. The van der Waals surface area contributed by atoms with E-state index in [2.05, 4.69) is 0 Å². The van der Waals surface area contributed by atoms with Gasteiger partial charge in [0.2, 0.25) is 0 Å². The Morgan fingerprint density at radius 1 is 1.08 bits per heavy atom. The quantitative estimate of drug-likeness (QED) is 0.552. The number of carbonyl (C=O) groups excluding carboxylic acids is 1. The summed E-state index contributed by atoms with van der Waals surface area (Å²) in [4.78, 5) is 15.0. The lowest BCUT2D eigenvalue weighted by molar-refractivity contribution is -0.122. The predicted molar refractivity (Wildman–Crippen MR) is 110 cm³/mol. The normalized spacial score (nSPS) is 15.6. The van der Waals surface area contributed by atoms with Crippen LogP contribution in [-0.2, 0) is 11.2 Å². The summed E-state index contributed by atoms with van der Waals surface area (Å²) in [5.74, 6) is 1.33. The first-order chi connectivity index (χ1) is 12.6. The van der Waals surface area contributed by atoms with Crippen molar-refractivity contribution in [1.82, 2.24) is 4.90 Å². The van der Waals surface area contributed by atoms with E-state index in [1.807, 2.05) is 54.6 Å². The summed E-state index contributed by atoms with van der Waals surface area (Å²) < 4.78 is 11.2. The zero-order valence-corrected chi connectivity index (χ0v) is 16.2. The van der Waals surface area contributed by atoms with E-state index in [1.54, 1.807) is 19.1 Å². The van der Waals surface area contributed by atoms with E-state index in [4.69, 9.17) is 21.7 Å². The minimum absolute atomic E-state index is 0.0377. The van der Waals surface area contributed by atoms with Crippen molar-refractivity contribution >= 4 is 40.3 Å². The third-order valence-electron chi connectivity index (χ3n) is 4.04. The molecule has 4 nitrogen and oxygen atoms in total. The average Bonchev–Trinajstić information content (AvgIpc) is 2.93. The zero-order chi connectivity index (χ0) is 18.5. The molecule has 0 radical (unpaired) electrons. The molecule has 0 aliphatic carbocycles. The van der Waals surface area contributed by atoms with E-state index in [9.17, 15) is 4.79 Å². The van der Waals surface area contributed by atoms with E-state index >= 15 is 0 Å². The fraction of sp³-hybridized carbons (Fsp3) is 0.200. The third kappa shape index (κ3) is 4.08. The van der Waals surface area contributed by atoms with Crippen LogP contribution in [0.1, 0.15) is 11.1 Å². The number of hydrogen-bond acceptors (Lipinski definition) is 5. The molecule has 3 rings (SSSR count). The molecule has 1 amide bonds. The Hall–Kier alpha value is -2.31. The molecule has 2 aromatic rings. The van der Waals surface area contributed by atoms with Crippen LogP contribution in [0.2, 0.25) is 0 Å². The first-order valence-corrected chi connectivity index (χ1v) is 9.36. The lowest BCUT2D eigenvalue weighted by Crippen LogP contribution is -2.30. The van der Waals surface area contributed by atoms with Gasteiger partial charge in [-0.05, 0) is 35.8 Å². The van der Waals surface area contributed by atoms with Gasteiger partial charge in [0.25, 0.3) is 5.91 Å². The Balaban J connectivity index is 1.70. The summed E-state index contributed by atoms with van der Waals surface area (Å²) in [6, 6.07) is 15.5. The highest BCUT2D eigenvalue weighted by atomic mass is 32.2. The summed E-state index contributed by atoms with van der Waals surface area (Å²) in [5.41, 5.74) is 2.05. The van der Waals surface area contributed by atoms with Gasteiger partial charge in [-0.1, -0.05) is 60.4 Å². The number of hydrogen-bond donors (Lipinski definition) is 0. The molecule has 1 heterocycles. The van der Waals surface area contributed by atoms with Gasteiger partial charge in [0.05, 0.1) is 19.1 Å². The van der Waals surface area contributed by atoms with Gasteiger partial charge >= 0.3 is 0 Å². The Labute approximate surface area is 162 Å². The summed E-state index contributed by atoms with van der Waals surface area (Å²) in [6.07, 6.45) is 2.57. The molecule has 0 N–H and O–H groups in total. The van der Waals surface area contributed by atoms with Crippen molar-refractivity contribution in [1.29, 1.82) is 0 Å². The van der Waals surface area contributed by atoms with Crippen LogP contribution in [-0.4, -0.2) is 35.9 Å². The van der Waals surface area contributed by atoms with Crippen molar-refractivity contribution in [2.45, 2.75) is 6.42 Å². The van der Waals surface area contributed by atoms with Crippen molar-refractivity contribution < 1.29 is 14.3 Å². The largest absolute Gasteiger partial charge is 0.493 e. The maximum absolute atomic E-state index is 12.7. The SMILES string of the molecule is COc1ccc(CCN2C(=O)/C(=C\c3ccccc3)SC2=S)cc1OC. The summed E-state index contributed by atoms with van der Waals surface area (Å²) >= 11 is 6.75. The molecular formula is C20H19NO3S2. The van der Waals surface area contributed by atoms with Crippen LogP contribution in [0.3, 0.4) is 0 Å². The minimum atomic E-state index is -0.0377. The van der Waals surface area contributed by atoms with Gasteiger partial charge in [-0.3, -0.25) is 9.69 Å². The Kier molecular flexibility index (Phi) is 5.96. The van der Waals surface area contributed by atoms with Gasteiger partial charge in [-0.25, -0.2) is 0 Å². The molecule has 134 valence electrons. The van der Waals surface area contributed by atoms with Crippen molar-refractivity contribution in [2.75, 3.05) is 20.8 Å². The number of rotatable bonds is 6. The third-order valence-corrected chi connectivity index (χ3v) is 5.42. The molecule has 2 aromatic carbocycles. The van der Waals surface area contributed by atoms with Gasteiger partial charge in [-0.2, -0.15) is 0 Å². The number of ether oxygens (including phenoxy) is 2. The Morgan fingerprint density at radius 2 is 1.81 bits per heavy atom. The predicted octanol–water partition coefficient (Wildman–Crippen LogP) is 4.15. The van der Waals surface area contributed by atoms with E-state index in [0.29, 0.717) is 33.7 Å². The molecule has 0 aromatic heterocycles. The van der Waals surface area contributed by atoms with Gasteiger partial charge < -0.3 is 9.47 Å². The number of methoxy groups -OCH3 is 2. The molecule has 1 saturated heterocycles. The van der Waals surface area contributed by atoms with Gasteiger partial charge in [-0.15, -0.1) is 0 Å². The Morgan fingerprint density at radius 3 is 2.50 bits per heavy atom. The first kappa shape index (κ1) is 18.5. The second-order valence-corrected chi connectivity index (χ2v) is 7.36. The van der Waals surface area contributed by atoms with E-state index in [0.717, 1.165) is 11.1 Å². The topological polar surface area (TPSA) is 38.8 Å². The molecule has 26 heavy (non-hydrogen) atoms. The number of nitrogens with zero attached hydrogens (tertiary/aromatic N) is 1. The number of benzene rings is 2. The number of amides is 1. The zero-order valence-electron chi connectivity index (χ0n) is 14.6. The van der Waals surface area contributed by atoms with Gasteiger partial charge in [0.1, 0.15) is 4.32 Å². The van der Waals surface area contributed by atoms with Crippen LogP contribution in [0.4, 0.5) is 0 Å². The summed E-state index contributed by atoms with van der Waals surface area (Å²) in [5, 5.41) is 0. The highest BCUT2D eigenvalue weighted by molar-refractivity contribution is 8.26. The monoisotopic (exact) mass is 385 g/mol. The van der Waals surface area contributed by atoms with E-state index < -0.39 is 0 Å². The molecule has 1 fully saturated rings. The summed E-state index contributed by atoms with van der Waals surface area (Å²) in [7, 11) is 3.22. The molecule has 0 atom stereocenters. The van der Waals surface area contributed by atoms with Crippen molar-refractivity contribution in [3.8, 4) is 11.5 Å². The lowest BCUT2D eigenvalue weighted by Gasteiger charge is -2.15. The molecule has 0 spiro atoms. The maximum atomic E-state index is 12.7. The van der Waals surface area contributed by atoms with Crippen molar-refractivity contribution in [2.24, 2.45) is 0 Å². The fourth-order valence-electron chi connectivity index (χ4n) is 2.67. The molecule has 0 bridgehead atoms. The molecule has 0 unspecified atom stereocenters. The number of carbonyl (C=O) groups is 1. The second-order valence-electron chi connectivity index (χ2n) is 5.68. The van der Waals surface area contributed by atoms with Gasteiger partial charge in [0.15, 0.2) is 11.5 Å². The van der Waals surface area contributed by atoms with Crippen molar-refractivity contribution in [3.05, 3.63) is 64.6 Å². The number of thioether (sulfide) groups is 1. The van der Waals surface area contributed by atoms with Crippen LogP contribution in [0.5, 0.6) is 11.5 Å². The van der Waals surface area contributed by atoms with Gasteiger partial charge in [0, 0.05) is 6.54 Å². The Bertz CT molecular complexity index is 849. The highest BCUT2D eigenvalue weighted by Gasteiger charge is 2.31. The molecular weight excluding hydrogens is 366 g/mol. The van der Waals surface area contributed by atoms with Crippen LogP contribution in [0, 0.1) is 0 Å². The average molecular weight is 386 g/mol. The molecule has 1 aliphatic rings. The fourth-order valence-corrected chi connectivity index (χ4v) is 3.98. The van der Waals surface area contributed by atoms with Crippen LogP contribution < -0.4 is 9.47 Å². The first-order valence-electron chi connectivity index (χ1n) is 8.13. The smallest absolute Gasteiger partial charge is 0.266 e. The summed E-state index contributed by atoms with van der Waals surface area (Å²) in [6.45, 7) is 0.534. The maximum Gasteiger partial charge on any atom is 0.266 e. The minimum Gasteiger partial charge on any atom is -0.493 e. The highest BCUT2D eigenvalue weighted by Crippen LogP contribution is 2.33. The van der Waals surface area contributed by atoms with Crippen LogP contribution >= 0.6 is 24.0 Å². The van der Waals surface area contributed by atoms with E-state index in [1.165, 1.54) is 11.8 Å². The lowest BCUT2D eigenvalue weighted by atomic mass is 10.1. The van der Waals surface area contributed by atoms with Crippen LogP contribution in [0.15, 0.2) is 53.4 Å². The number of thiocarbonyl (C=S) groups is 1.